The molecule has 0 aliphatic carbocycles. The Bertz CT molecular complexity index is 211. The summed E-state index contributed by atoms with van der Waals surface area (Å²) in [7, 11) is 0. The smallest absolute Gasteiger partial charge is 0.333 e. The van der Waals surface area contributed by atoms with Gasteiger partial charge in [-0.15, -0.1) is 0 Å². The quantitative estimate of drug-likeness (QED) is 0.388. The third kappa shape index (κ3) is 7.05. The fourth-order valence-corrected chi connectivity index (χ4v) is 0.625. The fourth-order valence-electron chi connectivity index (χ4n) is 0.625. The van der Waals surface area contributed by atoms with E-state index in [1.165, 1.54) is 6.92 Å². The minimum Gasteiger partial charge on any atom is -0.462 e. The summed E-state index contributed by atoms with van der Waals surface area (Å²) in [5.74, 6) is -0.464. The molecule has 0 rings (SSSR count). The highest BCUT2D eigenvalue weighted by atomic mass is 16.5. The average molecular weight is 185 g/mol. The van der Waals surface area contributed by atoms with Gasteiger partial charge in [0.2, 0.25) is 5.91 Å². The molecule has 4 nitrogen and oxygen atoms in total. The monoisotopic (exact) mass is 185 g/mol. The Hall–Kier alpha value is -1.32. The van der Waals surface area contributed by atoms with Gasteiger partial charge in [-0.2, -0.15) is 0 Å². The Morgan fingerprint density at radius 1 is 1.38 bits per heavy atom. The second-order valence-electron chi connectivity index (χ2n) is 2.75. The van der Waals surface area contributed by atoms with E-state index in [0.29, 0.717) is 25.1 Å². The first kappa shape index (κ1) is 11.7. The zero-order valence-corrected chi connectivity index (χ0v) is 8.05. The van der Waals surface area contributed by atoms with E-state index in [9.17, 15) is 9.59 Å². The lowest BCUT2D eigenvalue weighted by Gasteiger charge is -2.04. The first-order valence-electron chi connectivity index (χ1n) is 4.11. The molecule has 13 heavy (non-hydrogen) atoms. The molecule has 0 aromatic carbocycles. The number of hydrogen-bond donors (Lipinski definition) is 1. The zero-order chi connectivity index (χ0) is 10.3. The number of amides is 1. The topological polar surface area (TPSA) is 55.4 Å². The van der Waals surface area contributed by atoms with Gasteiger partial charge in [-0.25, -0.2) is 4.79 Å². The van der Waals surface area contributed by atoms with Crippen LogP contribution in [0, 0.1) is 0 Å². The largest absolute Gasteiger partial charge is 0.462 e. The summed E-state index contributed by atoms with van der Waals surface area (Å²) in [5, 5.41) is 2.60. The summed E-state index contributed by atoms with van der Waals surface area (Å²) in [4.78, 5) is 21.2. The Morgan fingerprint density at radius 3 is 2.46 bits per heavy atom. The van der Waals surface area contributed by atoms with Crippen LogP contribution in [0.15, 0.2) is 12.2 Å². The van der Waals surface area contributed by atoms with E-state index in [-0.39, 0.29) is 11.9 Å². The van der Waals surface area contributed by atoms with E-state index in [1.807, 2.05) is 0 Å². The number of carbonyl (C=O) groups is 2. The van der Waals surface area contributed by atoms with Gasteiger partial charge in [0.25, 0.3) is 0 Å². The van der Waals surface area contributed by atoms with Crippen molar-refractivity contribution < 1.29 is 14.3 Å². The maximum atomic E-state index is 10.8. The van der Waals surface area contributed by atoms with Crippen molar-refractivity contribution in [2.75, 3.05) is 13.2 Å². The van der Waals surface area contributed by atoms with Gasteiger partial charge in [-0.3, -0.25) is 4.79 Å². The lowest BCUT2D eigenvalue weighted by atomic mass is 10.3. The second kappa shape index (κ2) is 6.22. The summed E-state index contributed by atoms with van der Waals surface area (Å²) in [5.41, 5.74) is 0.388. The van der Waals surface area contributed by atoms with Gasteiger partial charge < -0.3 is 10.1 Å². The van der Waals surface area contributed by atoms with Crippen LogP contribution in [0.5, 0.6) is 0 Å². The normalized spacial score (nSPS) is 9.08. The summed E-state index contributed by atoms with van der Waals surface area (Å²) >= 11 is 0. The third-order valence-electron chi connectivity index (χ3n) is 1.28. The number of esters is 1. The first-order chi connectivity index (χ1) is 6.04. The molecular formula is C9H15NO3. The number of ether oxygens (including phenoxy) is 1. The molecule has 0 aliphatic heterocycles. The summed E-state index contributed by atoms with van der Waals surface area (Å²) in [6.45, 7) is 7.31. The lowest BCUT2D eigenvalue weighted by molar-refractivity contribution is -0.138. The summed E-state index contributed by atoms with van der Waals surface area (Å²) in [6.07, 6.45) is 0.624. The highest BCUT2D eigenvalue weighted by Gasteiger charge is 2.01. The Kier molecular flexibility index (Phi) is 5.59. The van der Waals surface area contributed by atoms with Crippen LogP contribution in [-0.2, 0) is 14.3 Å². The fraction of sp³-hybridized carbons (Fsp3) is 0.556. The molecule has 0 fully saturated rings. The van der Waals surface area contributed by atoms with E-state index in [4.69, 9.17) is 4.74 Å². The van der Waals surface area contributed by atoms with E-state index in [0.717, 1.165) is 0 Å². The van der Waals surface area contributed by atoms with Crippen LogP contribution >= 0.6 is 0 Å². The molecule has 0 heterocycles. The number of carbonyl (C=O) groups excluding carboxylic acids is 2. The molecule has 0 radical (unpaired) electrons. The minimum atomic E-state index is -0.386. The van der Waals surface area contributed by atoms with Crippen molar-refractivity contribution in [1.82, 2.24) is 5.32 Å². The highest BCUT2D eigenvalue weighted by molar-refractivity contribution is 5.86. The van der Waals surface area contributed by atoms with Crippen LogP contribution in [0.25, 0.3) is 0 Å². The van der Waals surface area contributed by atoms with Crippen LogP contribution in [0.1, 0.15) is 20.3 Å². The van der Waals surface area contributed by atoms with Gasteiger partial charge in [-0.1, -0.05) is 6.58 Å². The zero-order valence-electron chi connectivity index (χ0n) is 8.05. The van der Waals surface area contributed by atoms with Gasteiger partial charge in [-0.05, 0) is 13.3 Å². The molecule has 74 valence electrons. The van der Waals surface area contributed by atoms with Crippen molar-refractivity contribution in [3.8, 4) is 0 Å². The van der Waals surface area contributed by atoms with Crippen LogP contribution in [0.4, 0.5) is 0 Å². The van der Waals surface area contributed by atoms with Crippen molar-refractivity contribution in [2.24, 2.45) is 0 Å². The minimum absolute atomic E-state index is 0.0776. The van der Waals surface area contributed by atoms with Crippen molar-refractivity contribution in [2.45, 2.75) is 20.3 Å². The van der Waals surface area contributed by atoms with Gasteiger partial charge in [0, 0.05) is 19.0 Å². The standard InChI is InChI=1S/C9H15NO3/c1-7(2)9(12)13-6-4-5-10-8(3)11/h1,4-6H2,2-3H3,(H,10,11). The number of rotatable bonds is 5. The van der Waals surface area contributed by atoms with Gasteiger partial charge in [0.15, 0.2) is 0 Å². The maximum Gasteiger partial charge on any atom is 0.333 e. The second-order valence-corrected chi connectivity index (χ2v) is 2.75. The van der Waals surface area contributed by atoms with Crippen LogP contribution in [-0.4, -0.2) is 25.0 Å². The van der Waals surface area contributed by atoms with Crippen molar-refractivity contribution in [1.29, 1.82) is 0 Å². The SMILES string of the molecule is C=C(C)C(=O)OCCCNC(C)=O. The maximum absolute atomic E-state index is 10.8. The molecule has 1 N–H and O–H groups in total. The van der Waals surface area contributed by atoms with Crippen molar-refractivity contribution in [3.63, 3.8) is 0 Å². The van der Waals surface area contributed by atoms with Gasteiger partial charge in [0.1, 0.15) is 0 Å². The number of nitrogens with one attached hydrogen (secondary N) is 1. The third-order valence-corrected chi connectivity index (χ3v) is 1.28. The molecule has 0 saturated carbocycles. The Labute approximate surface area is 78.0 Å². The summed E-state index contributed by atoms with van der Waals surface area (Å²) in [6, 6.07) is 0. The molecule has 0 atom stereocenters. The number of hydrogen-bond acceptors (Lipinski definition) is 3. The molecule has 1 amide bonds. The highest BCUT2D eigenvalue weighted by Crippen LogP contribution is 1.92. The van der Waals surface area contributed by atoms with Gasteiger partial charge in [0.05, 0.1) is 6.61 Å². The Balaban J connectivity index is 3.31. The molecule has 0 saturated heterocycles. The van der Waals surface area contributed by atoms with Gasteiger partial charge >= 0.3 is 5.97 Å². The predicted molar refractivity (Wildman–Crippen MR) is 49.1 cm³/mol. The lowest BCUT2D eigenvalue weighted by Crippen LogP contribution is -2.22. The average Bonchev–Trinajstić information content (AvgIpc) is 2.02. The molecule has 0 unspecified atom stereocenters. The van der Waals surface area contributed by atoms with Crippen LogP contribution < -0.4 is 5.32 Å². The molecule has 0 bridgehead atoms. The molecule has 4 heteroatoms. The van der Waals surface area contributed by atoms with Crippen LogP contribution in [0.3, 0.4) is 0 Å². The van der Waals surface area contributed by atoms with E-state index >= 15 is 0 Å². The first-order valence-corrected chi connectivity index (χ1v) is 4.11. The predicted octanol–water partition coefficient (Wildman–Crippen LogP) is 0.632. The molecule has 0 aromatic rings. The van der Waals surface area contributed by atoms with E-state index < -0.39 is 0 Å². The van der Waals surface area contributed by atoms with E-state index in [2.05, 4.69) is 11.9 Å². The molecular weight excluding hydrogens is 170 g/mol. The van der Waals surface area contributed by atoms with Crippen molar-refractivity contribution in [3.05, 3.63) is 12.2 Å². The van der Waals surface area contributed by atoms with Crippen molar-refractivity contribution >= 4 is 11.9 Å². The molecule has 0 spiro atoms. The van der Waals surface area contributed by atoms with Crippen LogP contribution in [0.2, 0.25) is 0 Å². The summed E-state index contributed by atoms with van der Waals surface area (Å²) < 4.78 is 4.80. The molecule has 0 aliphatic rings. The Morgan fingerprint density at radius 2 is 2.00 bits per heavy atom. The van der Waals surface area contributed by atoms with E-state index in [1.54, 1.807) is 6.92 Å². The molecule has 0 aromatic heterocycles.